The van der Waals surface area contributed by atoms with Crippen LogP contribution in [0.25, 0.3) is 11.4 Å². The van der Waals surface area contributed by atoms with Crippen LogP contribution in [0.3, 0.4) is 0 Å². The van der Waals surface area contributed by atoms with Crippen molar-refractivity contribution >= 4 is 44.2 Å². The summed E-state index contributed by atoms with van der Waals surface area (Å²) in [7, 11) is 1.66. The maximum absolute atomic E-state index is 5.29. The molecule has 0 aliphatic heterocycles. The van der Waals surface area contributed by atoms with E-state index >= 15 is 0 Å². The Kier molecular flexibility index (Phi) is 6.18. The standard InChI is InChI=1S/C14H14BrN5O2S2/c1-21-6-5-16-13-18-19-14(24-13)23-8-11-17-12(20-22-11)9-3-2-4-10(15)7-9/h2-4,7H,5-6,8H2,1H3,(H,16,18). The molecular formula is C14H14BrN5O2S2. The van der Waals surface area contributed by atoms with Gasteiger partial charge in [0.15, 0.2) is 4.34 Å². The summed E-state index contributed by atoms with van der Waals surface area (Å²) in [5.74, 6) is 1.68. The molecule has 7 nitrogen and oxygen atoms in total. The first-order chi connectivity index (χ1) is 11.7. The molecule has 0 fully saturated rings. The normalized spacial score (nSPS) is 10.9. The Morgan fingerprint density at radius 3 is 3.12 bits per heavy atom. The first kappa shape index (κ1) is 17.3. The molecular weight excluding hydrogens is 414 g/mol. The molecule has 1 aromatic carbocycles. The minimum atomic E-state index is 0.549. The van der Waals surface area contributed by atoms with Gasteiger partial charge in [0.2, 0.25) is 16.8 Å². The van der Waals surface area contributed by atoms with Crippen LogP contribution in [0.2, 0.25) is 0 Å². The number of methoxy groups -OCH3 is 1. The summed E-state index contributed by atoms with van der Waals surface area (Å²) < 4.78 is 12.1. The van der Waals surface area contributed by atoms with E-state index in [9.17, 15) is 0 Å². The second kappa shape index (κ2) is 8.56. The molecule has 0 saturated carbocycles. The van der Waals surface area contributed by atoms with Crippen LogP contribution in [0.4, 0.5) is 5.13 Å². The SMILES string of the molecule is COCCNc1nnc(SCc2nc(-c3cccc(Br)c3)no2)s1. The highest BCUT2D eigenvalue weighted by atomic mass is 79.9. The Morgan fingerprint density at radius 2 is 2.29 bits per heavy atom. The van der Waals surface area contributed by atoms with Crippen molar-refractivity contribution in [2.75, 3.05) is 25.6 Å². The second-order valence-electron chi connectivity index (χ2n) is 4.60. The highest BCUT2D eigenvalue weighted by molar-refractivity contribution is 9.10. The van der Waals surface area contributed by atoms with Crippen LogP contribution in [-0.2, 0) is 10.5 Å². The van der Waals surface area contributed by atoms with Gasteiger partial charge in [-0.05, 0) is 12.1 Å². The van der Waals surface area contributed by atoms with Crippen LogP contribution in [0.1, 0.15) is 5.89 Å². The quantitative estimate of drug-likeness (QED) is 0.430. The maximum atomic E-state index is 5.29. The lowest BCUT2D eigenvalue weighted by Crippen LogP contribution is -2.06. The monoisotopic (exact) mass is 427 g/mol. The molecule has 10 heteroatoms. The summed E-state index contributed by atoms with van der Waals surface area (Å²) in [5.41, 5.74) is 0.907. The summed E-state index contributed by atoms with van der Waals surface area (Å²) in [6.07, 6.45) is 0. The Balaban J connectivity index is 1.56. The van der Waals surface area contributed by atoms with Crippen LogP contribution < -0.4 is 5.32 Å². The molecule has 1 N–H and O–H groups in total. The average molecular weight is 428 g/mol. The highest BCUT2D eigenvalue weighted by Crippen LogP contribution is 2.28. The van der Waals surface area contributed by atoms with Gasteiger partial charge in [0, 0.05) is 23.7 Å². The van der Waals surface area contributed by atoms with Crippen LogP contribution in [0.5, 0.6) is 0 Å². The zero-order valence-electron chi connectivity index (χ0n) is 12.7. The van der Waals surface area contributed by atoms with Crippen molar-refractivity contribution in [2.24, 2.45) is 0 Å². The molecule has 0 atom stereocenters. The van der Waals surface area contributed by atoms with Gasteiger partial charge in [0.1, 0.15) is 0 Å². The fraction of sp³-hybridized carbons (Fsp3) is 0.286. The summed E-state index contributed by atoms with van der Waals surface area (Å²) in [6, 6.07) is 7.78. The molecule has 0 radical (unpaired) electrons. The van der Waals surface area contributed by atoms with Crippen molar-refractivity contribution in [3.8, 4) is 11.4 Å². The number of benzene rings is 1. The largest absolute Gasteiger partial charge is 0.383 e. The van der Waals surface area contributed by atoms with Crippen molar-refractivity contribution in [3.05, 3.63) is 34.6 Å². The number of aromatic nitrogens is 4. The summed E-state index contributed by atoms with van der Waals surface area (Å²) in [5, 5.41) is 16.1. The first-order valence-electron chi connectivity index (χ1n) is 7.02. The number of hydrogen-bond donors (Lipinski definition) is 1. The number of hydrogen-bond acceptors (Lipinski definition) is 9. The minimum Gasteiger partial charge on any atom is -0.383 e. The number of nitrogens with zero attached hydrogens (tertiary/aromatic N) is 4. The second-order valence-corrected chi connectivity index (χ2v) is 7.72. The third-order valence-electron chi connectivity index (χ3n) is 2.86. The molecule has 0 unspecified atom stereocenters. The molecule has 2 aromatic heterocycles. The van der Waals surface area contributed by atoms with Gasteiger partial charge < -0.3 is 14.6 Å². The smallest absolute Gasteiger partial charge is 0.237 e. The third-order valence-corrected chi connectivity index (χ3v) is 5.35. The number of nitrogens with one attached hydrogen (secondary N) is 1. The average Bonchev–Trinajstić information content (AvgIpc) is 3.22. The van der Waals surface area contributed by atoms with Gasteiger partial charge in [-0.1, -0.05) is 56.3 Å². The summed E-state index contributed by atoms with van der Waals surface area (Å²) in [6.45, 7) is 1.33. The lowest BCUT2D eigenvalue weighted by molar-refractivity contribution is 0.211. The van der Waals surface area contributed by atoms with Gasteiger partial charge in [-0.25, -0.2) is 0 Å². The van der Waals surface area contributed by atoms with Gasteiger partial charge >= 0.3 is 0 Å². The number of thioether (sulfide) groups is 1. The molecule has 3 aromatic rings. The van der Waals surface area contributed by atoms with Crippen molar-refractivity contribution in [3.63, 3.8) is 0 Å². The van der Waals surface area contributed by atoms with Gasteiger partial charge in [-0.3, -0.25) is 0 Å². The van der Waals surface area contributed by atoms with E-state index in [4.69, 9.17) is 9.26 Å². The highest BCUT2D eigenvalue weighted by Gasteiger charge is 2.11. The Morgan fingerprint density at radius 1 is 1.38 bits per heavy atom. The Labute approximate surface area is 155 Å². The van der Waals surface area contributed by atoms with Crippen LogP contribution >= 0.6 is 39.0 Å². The molecule has 24 heavy (non-hydrogen) atoms. The van der Waals surface area contributed by atoms with Crippen molar-refractivity contribution in [1.29, 1.82) is 0 Å². The van der Waals surface area contributed by atoms with E-state index in [1.54, 1.807) is 7.11 Å². The van der Waals surface area contributed by atoms with Crippen LogP contribution in [0, 0.1) is 0 Å². The number of ether oxygens (including phenoxy) is 1. The third kappa shape index (κ3) is 4.76. The number of rotatable bonds is 8. The molecule has 0 saturated heterocycles. The Hall–Kier alpha value is -1.49. The lowest BCUT2D eigenvalue weighted by Gasteiger charge is -1.98. The number of halogens is 1. The predicted molar refractivity (Wildman–Crippen MR) is 97.3 cm³/mol. The van der Waals surface area contributed by atoms with E-state index in [0.717, 1.165) is 19.5 Å². The van der Waals surface area contributed by atoms with Gasteiger partial charge in [0.05, 0.1) is 12.4 Å². The fourth-order valence-electron chi connectivity index (χ4n) is 1.78. The minimum absolute atomic E-state index is 0.549. The summed E-state index contributed by atoms with van der Waals surface area (Å²) in [4.78, 5) is 4.41. The van der Waals surface area contributed by atoms with E-state index in [-0.39, 0.29) is 0 Å². The van der Waals surface area contributed by atoms with Crippen molar-refractivity contribution in [1.82, 2.24) is 20.3 Å². The number of anilines is 1. The maximum Gasteiger partial charge on any atom is 0.237 e. The molecule has 0 aliphatic rings. The van der Waals surface area contributed by atoms with E-state index in [2.05, 4.69) is 41.6 Å². The lowest BCUT2D eigenvalue weighted by atomic mass is 10.2. The van der Waals surface area contributed by atoms with Gasteiger partial charge in [-0.15, -0.1) is 10.2 Å². The molecule has 0 bridgehead atoms. The van der Waals surface area contributed by atoms with E-state index in [1.165, 1.54) is 23.1 Å². The topological polar surface area (TPSA) is 86.0 Å². The van der Waals surface area contributed by atoms with E-state index < -0.39 is 0 Å². The zero-order chi connectivity index (χ0) is 16.8. The molecule has 0 spiro atoms. The molecule has 0 amide bonds. The zero-order valence-corrected chi connectivity index (χ0v) is 15.9. The van der Waals surface area contributed by atoms with Crippen LogP contribution in [0.15, 0.2) is 37.6 Å². The van der Waals surface area contributed by atoms with Crippen molar-refractivity contribution < 1.29 is 9.26 Å². The van der Waals surface area contributed by atoms with Crippen molar-refractivity contribution in [2.45, 2.75) is 10.1 Å². The molecule has 0 aliphatic carbocycles. The van der Waals surface area contributed by atoms with Crippen LogP contribution in [-0.4, -0.2) is 40.6 Å². The molecule has 126 valence electrons. The predicted octanol–water partition coefficient (Wildman–Crippen LogP) is 3.70. The van der Waals surface area contributed by atoms with E-state index in [1.807, 2.05) is 24.3 Å². The fourth-order valence-corrected chi connectivity index (χ4v) is 3.80. The van der Waals surface area contributed by atoms with Gasteiger partial charge in [0.25, 0.3) is 0 Å². The summed E-state index contributed by atoms with van der Waals surface area (Å²) >= 11 is 6.43. The first-order valence-corrected chi connectivity index (χ1v) is 9.62. The van der Waals surface area contributed by atoms with E-state index in [0.29, 0.717) is 30.6 Å². The molecule has 3 rings (SSSR count). The Bertz CT molecular complexity index is 795. The van der Waals surface area contributed by atoms with Gasteiger partial charge in [-0.2, -0.15) is 4.98 Å². The molecule has 2 heterocycles.